The summed E-state index contributed by atoms with van der Waals surface area (Å²) in [6.45, 7) is 0.643. The highest BCUT2D eigenvalue weighted by Gasteiger charge is 2.19. The number of carbonyl (C=O) groups is 2. The first kappa shape index (κ1) is 23.3. The van der Waals surface area contributed by atoms with Crippen LogP contribution >= 0.6 is 11.6 Å². The first-order chi connectivity index (χ1) is 17.5. The summed E-state index contributed by atoms with van der Waals surface area (Å²) < 4.78 is 1.70. The Morgan fingerprint density at radius 2 is 1.64 bits per heavy atom. The summed E-state index contributed by atoms with van der Waals surface area (Å²) in [6.07, 6.45) is 0. The van der Waals surface area contributed by atoms with Crippen molar-refractivity contribution in [3.05, 3.63) is 118 Å². The molecule has 2 N–H and O–H groups in total. The molecule has 8 heteroatoms. The average Bonchev–Trinajstić information content (AvgIpc) is 3.30. The molecule has 0 aliphatic rings. The summed E-state index contributed by atoms with van der Waals surface area (Å²) >= 11 is 6.16. The van der Waals surface area contributed by atoms with Crippen LogP contribution in [0.25, 0.3) is 22.2 Å². The van der Waals surface area contributed by atoms with E-state index in [4.69, 9.17) is 16.7 Å². The van der Waals surface area contributed by atoms with Crippen molar-refractivity contribution >= 4 is 34.5 Å². The molecule has 4 aromatic carbocycles. The number of fused-ring (bicyclic) bond motifs is 1. The minimum Gasteiger partial charge on any atom is -0.478 e. The van der Waals surface area contributed by atoms with Gasteiger partial charge >= 0.3 is 5.97 Å². The highest BCUT2D eigenvalue weighted by Crippen LogP contribution is 2.27. The van der Waals surface area contributed by atoms with E-state index in [-0.39, 0.29) is 18.0 Å². The fraction of sp³-hybridized carbons (Fsp3) is 0.0714. The number of nitrogens with one attached hydrogen (secondary N) is 1. The number of amides is 1. The number of carbonyl (C=O) groups excluding carboxylic acids is 1. The van der Waals surface area contributed by atoms with Crippen molar-refractivity contribution in [2.24, 2.45) is 0 Å². The van der Waals surface area contributed by atoms with Crippen molar-refractivity contribution in [1.82, 2.24) is 20.3 Å². The topological polar surface area (TPSA) is 97.1 Å². The molecule has 0 spiro atoms. The number of halogens is 1. The van der Waals surface area contributed by atoms with Gasteiger partial charge in [0.1, 0.15) is 11.0 Å². The number of carboxylic acid groups (broad SMARTS) is 1. The Bertz CT molecular complexity index is 1560. The zero-order valence-corrected chi connectivity index (χ0v) is 19.8. The van der Waals surface area contributed by atoms with Crippen molar-refractivity contribution in [2.75, 3.05) is 0 Å². The Morgan fingerprint density at radius 1 is 0.861 bits per heavy atom. The molecule has 0 aliphatic carbocycles. The second-order valence-electron chi connectivity index (χ2n) is 8.32. The summed E-state index contributed by atoms with van der Waals surface area (Å²) in [4.78, 5) is 24.6. The molecule has 0 fully saturated rings. The van der Waals surface area contributed by atoms with E-state index in [2.05, 4.69) is 15.6 Å². The quantitative estimate of drug-likeness (QED) is 0.313. The monoisotopic (exact) mass is 496 g/mol. The molecule has 0 aliphatic heterocycles. The summed E-state index contributed by atoms with van der Waals surface area (Å²) in [7, 11) is 0. The van der Waals surface area contributed by atoms with Crippen molar-refractivity contribution in [3.8, 4) is 11.1 Å². The molecule has 0 saturated carbocycles. The normalized spacial score (nSPS) is 10.9. The van der Waals surface area contributed by atoms with E-state index in [1.54, 1.807) is 22.9 Å². The van der Waals surface area contributed by atoms with E-state index >= 15 is 0 Å². The highest BCUT2D eigenvalue weighted by atomic mass is 35.5. The smallest absolute Gasteiger partial charge is 0.335 e. The summed E-state index contributed by atoms with van der Waals surface area (Å²) in [5.41, 5.74) is 5.40. The Hall–Kier alpha value is -4.49. The van der Waals surface area contributed by atoms with Crippen LogP contribution in [-0.4, -0.2) is 32.0 Å². The van der Waals surface area contributed by atoms with Crippen LogP contribution in [0.4, 0.5) is 0 Å². The number of nitrogens with zero attached hydrogens (tertiary/aromatic N) is 3. The predicted octanol–water partition coefficient (Wildman–Crippen LogP) is 5.43. The van der Waals surface area contributed by atoms with Gasteiger partial charge in [0.2, 0.25) is 0 Å². The lowest BCUT2D eigenvalue weighted by molar-refractivity contribution is 0.0696. The molecule has 36 heavy (non-hydrogen) atoms. The van der Waals surface area contributed by atoms with Crippen LogP contribution in [-0.2, 0) is 13.1 Å². The third-order valence-corrected chi connectivity index (χ3v) is 6.07. The molecule has 0 bridgehead atoms. The van der Waals surface area contributed by atoms with Crippen molar-refractivity contribution in [3.63, 3.8) is 0 Å². The van der Waals surface area contributed by atoms with Crippen LogP contribution in [0.5, 0.6) is 0 Å². The number of hydrogen-bond acceptors (Lipinski definition) is 4. The minimum absolute atomic E-state index is 0.193. The van der Waals surface area contributed by atoms with E-state index in [0.29, 0.717) is 28.2 Å². The van der Waals surface area contributed by atoms with Gasteiger partial charge < -0.3 is 10.4 Å². The molecule has 0 unspecified atom stereocenters. The van der Waals surface area contributed by atoms with E-state index in [1.165, 1.54) is 12.1 Å². The number of rotatable bonds is 7. The zero-order valence-electron chi connectivity index (χ0n) is 19.1. The van der Waals surface area contributed by atoms with E-state index in [9.17, 15) is 9.59 Å². The molecule has 5 rings (SSSR count). The van der Waals surface area contributed by atoms with Crippen molar-refractivity contribution < 1.29 is 14.7 Å². The van der Waals surface area contributed by atoms with Gasteiger partial charge in [-0.3, -0.25) is 4.79 Å². The molecule has 5 aromatic rings. The largest absolute Gasteiger partial charge is 0.478 e. The zero-order chi connectivity index (χ0) is 25.1. The lowest BCUT2D eigenvalue weighted by Gasteiger charge is -2.11. The van der Waals surface area contributed by atoms with Gasteiger partial charge in [-0.25, -0.2) is 9.48 Å². The fourth-order valence-corrected chi connectivity index (χ4v) is 4.26. The van der Waals surface area contributed by atoms with E-state index in [0.717, 1.165) is 22.3 Å². The van der Waals surface area contributed by atoms with E-state index < -0.39 is 5.97 Å². The lowest BCUT2D eigenvalue weighted by Crippen LogP contribution is -2.24. The molecular formula is C28H21ClN4O3. The Labute approximate surface area is 212 Å². The SMILES string of the molecule is O=C(O)c1ccc(CNC(=O)c2cc(-c3ccccc3)cc3nnn(Cc4cccc(Cl)c4)c23)cc1. The third kappa shape index (κ3) is 4.96. The number of benzene rings is 4. The number of hydrogen-bond donors (Lipinski definition) is 2. The Morgan fingerprint density at radius 3 is 2.36 bits per heavy atom. The third-order valence-electron chi connectivity index (χ3n) is 5.84. The van der Waals surface area contributed by atoms with Crippen LogP contribution in [0, 0.1) is 0 Å². The maximum absolute atomic E-state index is 13.5. The van der Waals surface area contributed by atoms with Gasteiger partial charge in [0.15, 0.2) is 0 Å². The summed E-state index contributed by atoms with van der Waals surface area (Å²) in [6, 6.07) is 27.4. The molecule has 0 saturated heterocycles. The van der Waals surface area contributed by atoms with E-state index in [1.807, 2.05) is 60.7 Å². The van der Waals surface area contributed by atoms with Gasteiger partial charge in [0.05, 0.1) is 17.7 Å². The van der Waals surface area contributed by atoms with Crippen LogP contribution in [0.15, 0.2) is 91.0 Å². The van der Waals surface area contributed by atoms with Gasteiger partial charge in [-0.05, 0) is 58.7 Å². The molecular weight excluding hydrogens is 476 g/mol. The highest BCUT2D eigenvalue weighted by molar-refractivity contribution is 6.30. The van der Waals surface area contributed by atoms with Crippen molar-refractivity contribution in [2.45, 2.75) is 13.1 Å². The van der Waals surface area contributed by atoms with Gasteiger partial charge in [0, 0.05) is 11.6 Å². The molecule has 0 radical (unpaired) electrons. The van der Waals surface area contributed by atoms with Crippen LogP contribution in [0.2, 0.25) is 5.02 Å². The standard InChI is InChI=1S/C28H21ClN4O3/c29-23-8-4-5-19(13-23)17-33-26-24(27(34)30-16-18-9-11-21(12-10-18)28(35)36)14-22(15-25(26)31-32-33)20-6-2-1-3-7-20/h1-15H,16-17H2,(H,30,34)(H,35,36). The van der Waals surface area contributed by atoms with Gasteiger partial charge in [-0.15, -0.1) is 5.10 Å². The van der Waals surface area contributed by atoms with Gasteiger partial charge in [-0.2, -0.15) is 0 Å². The fourth-order valence-electron chi connectivity index (χ4n) is 4.05. The number of carboxylic acids is 1. The van der Waals surface area contributed by atoms with Crippen molar-refractivity contribution in [1.29, 1.82) is 0 Å². The van der Waals surface area contributed by atoms with Gasteiger partial charge in [-0.1, -0.05) is 71.4 Å². The molecule has 1 amide bonds. The summed E-state index contributed by atoms with van der Waals surface area (Å²) in [5, 5.41) is 21.4. The number of aromatic nitrogens is 3. The average molecular weight is 497 g/mol. The van der Waals surface area contributed by atoms with Crippen LogP contribution in [0.1, 0.15) is 31.8 Å². The molecule has 7 nitrogen and oxygen atoms in total. The second kappa shape index (κ2) is 10.0. The minimum atomic E-state index is -0.994. The molecule has 0 atom stereocenters. The maximum atomic E-state index is 13.5. The first-order valence-electron chi connectivity index (χ1n) is 11.3. The number of aromatic carboxylic acids is 1. The molecule has 1 heterocycles. The Balaban J connectivity index is 1.51. The van der Waals surface area contributed by atoms with Crippen LogP contribution in [0.3, 0.4) is 0 Å². The maximum Gasteiger partial charge on any atom is 0.335 e. The Kier molecular flexibility index (Phi) is 6.47. The van der Waals surface area contributed by atoms with Gasteiger partial charge in [0.25, 0.3) is 5.91 Å². The first-order valence-corrected chi connectivity index (χ1v) is 11.6. The predicted molar refractivity (Wildman–Crippen MR) is 138 cm³/mol. The molecule has 178 valence electrons. The lowest BCUT2D eigenvalue weighted by atomic mass is 10.0. The summed E-state index contributed by atoms with van der Waals surface area (Å²) in [5.74, 6) is -1.28. The van der Waals surface area contributed by atoms with Crippen LogP contribution < -0.4 is 5.32 Å². The molecule has 1 aromatic heterocycles. The second-order valence-corrected chi connectivity index (χ2v) is 8.76.